The number of rotatable bonds is 3. The molecule has 2 aromatic rings. The molecule has 0 aliphatic carbocycles. The molecule has 4 saturated heterocycles. The third-order valence-corrected chi connectivity index (χ3v) is 6.71. The van der Waals surface area contributed by atoms with Crippen LogP contribution in [0.5, 0.6) is 0 Å². The molecule has 0 spiro atoms. The summed E-state index contributed by atoms with van der Waals surface area (Å²) in [7, 11) is 0. The molecule has 4 N–H and O–H groups in total. The van der Waals surface area contributed by atoms with Gasteiger partial charge in [0.05, 0.1) is 37.8 Å². The van der Waals surface area contributed by atoms with Crippen molar-refractivity contribution in [1.82, 2.24) is 5.43 Å². The average molecular weight is 394 g/mol. The molecule has 0 saturated carbocycles. The number of para-hydroxylation sites is 1. The molecule has 6 heteroatoms. The van der Waals surface area contributed by atoms with Gasteiger partial charge in [0.1, 0.15) is 18.5 Å². The fourth-order valence-corrected chi connectivity index (χ4v) is 5.59. The second-order valence-electron chi connectivity index (χ2n) is 8.34. The molecule has 4 fully saturated rings. The third kappa shape index (κ3) is 3.21. The van der Waals surface area contributed by atoms with Crippen molar-refractivity contribution in [2.45, 2.75) is 5.41 Å². The monoisotopic (exact) mass is 393 g/mol. The summed E-state index contributed by atoms with van der Waals surface area (Å²) in [5, 5.41) is 8.73. The lowest BCUT2D eigenvalue weighted by Crippen LogP contribution is -3.17. The van der Waals surface area contributed by atoms with Crippen molar-refractivity contribution in [3.05, 3.63) is 66.2 Å². The van der Waals surface area contributed by atoms with Gasteiger partial charge in [-0.05, 0) is 29.9 Å². The summed E-state index contributed by atoms with van der Waals surface area (Å²) in [6.07, 6.45) is 0. The first-order valence-electron chi connectivity index (χ1n) is 10.2. The van der Waals surface area contributed by atoms with E-state index in [9.17, 15) is 0 Å². The molecule has 4 aliphatic rings. The van der Waals surface area contributed by atoms with Crippen molar-refractivity contribution >= 4 is 28.7 Å². The number of hydrogen-bond acceptors (Lipinski definition) is 2. The SMILES string of the molecule is S=C(N/N=C1/C2C[NH+]3CC[NH+](C2)CC1(c1ccccc1)C3)Nc1ccccc1. The van der Waals surface area contributed by atoms with Gasteiger partial charge in [-0.2, -0.15) is 5.10 Å². The molecule has 5 nitrogen and oxygen atoms in total. The van der Waals surface area contributed by atoms with Crippen LogP contribution < -0.4 is 20.5 Å². The summed E-state index contributed by atoms with van der Waals surface area (Å²) in [6, 6.07) is 21.0. The van der Waals surface area contributed by atoms with Gasteiger partial charge in [0.2, 0.25) is 0 Å². The van der Waals surface area contributed by atoms with E-state index < -0.39 is 0 Å². The molecular formula is C22H27N5S+2. The van der Waals surface area contributed by atoms with Crippen LogP contribution in [0.4, 0.5) is 5.69 Å². The molecule has 28 heavy (non-hydrogen) atoms. The van der Waals surface area contributed by atoms with Crippen molar-refractivity contribution < 1.29 is 9.80 Å². The molecule has 0 amide bonds. The minimum absolute atomic E-state index is 0.0129. The fraction of sp³-hybridized carbons (Fsp3) is 0.364. The van der Waals surface area contributed by atoms with Crippen LogP contribution in [-0.4, -0.2) is 50.1 Å². The molecule has 0 radical (unpaired) electrons. The predicted octanol–water partition coefficient (Wildman–Crippen LogP) is -0.306. The molecular weight excluding hydrogens is 366 g/mol. The van der Waals surface area contributed by atoms with Crippen molar-refractivity contribution in [2.75, 3.05) is 44.6 Å². The van der Waals surface area contributed by atoms with Crippen LogP contribution in [0, 0.1) is 5.92 Å². The Morgan fingerprint density at radius 2 is 1.54 bits per heavy atom. The van der Waals surface area contributed by atoms with Crippen LogP contribution in [0.25, 0.3) is 0 Å². The Hall–Kier alpha value is -2.28. The number of quaternary nitrogens is 2. The van der Waals surface area contributed by atoms with Crippen molar-refractivity contribution in [3.8, 4) is 0 Å². The van der Waals surface area contributed by atoms with E-state index in [-0.39, 0.29) is 5.41 Å². The second kappa shape index (κ2) is 7.28. The van der Waals surface area contributed by atoms with Gasteiger partial charge < -0.3 is 15.1 Å². The number of benzene rings is 2. The Morgan fingerprint density at radius 3 is 2.18 bits per heavy atom. The first-order valence-corrected chi connectivity index (χ1v) is 10.6. The van der Waals surface area contributed by atoms with E-state index in [1.807, 2.05) is 30.3 Å². The number of nitrogens with zero attached hydrogens (tertiary/aromatic N) is 1. The molecule has 0 aromatic heterocycles. The highest BCUT2D eigenvalue weighted by Crippen LogP contribution is 2.31. The highest BCUT2D eigenvalue weighted by molar-refractivity contribution is 7.80. The molecule has 2 unspecified atom stereocenters. The molecule has 6 rings (SSSR count). The van der Waals surface area contributed by atoms with Gasteiger partial charge in [0.15, 0.2) is 5.11 Å². The number of hydrogen-bond donors (Lipinski definition) is 4. The van der Waals surface area contributed by atoms with Crippen molar-refractivity contribution in [2.24, 2.45) is 11.0 Å². The Labute approximate surface area is 171 Å². The minimum atomic E-state index is 0.0129. The van der Waals surface area contributed by atoms with Gasteiger partial charge in [0, 0.05) is 5.69 Å². The number of anilines is 1. The number of hydrazone groups is 1. The standard InChI is InChI=1S/C22H25N5S/c28-21(23-19-9-5-2-6-10-19)25-24-20-17-13-26-11-12-27(14-17)16-22(20,15-26)18-7-3-1-4-8-18/h1-10,17H,11-16H2,(H2,23,25,28)/p+2/b24-20-. The smallest absolute Gasteiger partial charge is 0.191 e. The minimum Gasteiger partial charge on any atom is -0.331 e. The zero-order valence-electron chi connectivity index (χ0n) is 15.9. The van der Waals surface area contributed by atoms with Crippen molar-refractivity contribution in [1.29, 1.82) is 0 Å². The van der Waals surface area contributed by atoms with E-state index in [0.717, 1.165) is 18.8 Å². The van der Waals surface area contributed by atoms with E-state index in [1.165, 1.54) is 37.5 Å². The Balaban J connectivity index is 1.45. The van der Waals surface area contributed by atoms with E-state index in [2.05, 4.69) is 41.1 Å². The van der Waals surface area contributed by atoms with E-state index in [1.54, 1.807) is 9.80 Å². The zero-order chi connectivity index (χ0) is 19.0. The van der Waals surface area contributed by atoms with Crippen LogP contribution in [0.1, 0.15) is 5.56 Å². The van der Waals surface area contributed by atoms with Gasteiger partial charge in [-0.15, -0.1) is 0 Å². The lowest BCUT2D eigenvalue weighted by atomic mass is 9.66. The van der Waals surface area contributed by atoms with E-state index >= 15 is 0 Å². The van der Waals surface area contributed by atoms with Crippen LogP contribution in [-0.2, 0) is 5.41 Å². The zero-order valence-corrected chi connectivity index (χ0v) is 16.8. The quantitative estimate of drug-likeness (QED) is 0.428. The highest BCUT2D eigenvalue weighted by Gasteiger charge is 2.58. The van der Waals surface area contributed by atoms with E-state index in [4.69, 9.17) is 17.3 Å². The number of thiocarbonyl (C=S) groups is 1. The summed E-state index contributed by atoms with van der Waals surface area (Å²) >= 11 is 5.51. The van der Waals surface area contributed by atoms with Gasteiger partial charge in [-0.3, -0.25) is 5.43 Å². The molecule has 4 heterocycles. The Bertz CT molecular complexity index is 866. The fourth-order valence-electron chi connectivity index (χ4n) is 5.43. The lowest BCUT2D eigenvalue weighted by molar-refractivity contribution is -0.918. The molecule has 4 bridgehead atoms. The maximum atomic E-state index is 5.51. The summed E-state index contributed by atoms with van der Waals surface area (Å²) in [5.74, 6) is 0.516. The van der Waals surface area contributed by atoms with Crippen LogP contribution in [0.2, 0.25) is 0 Å². The maximum absolute atomic E-state index is 5.51. The van der Waals surface area contributed by atoms with Crippen LogP contribution in [0.3, 0.4) is 0 Å². The Kier molecular flexibility index (Phi) is 4.62. The first-order chi connectivity index (χ1) is 13.7. The lowest BCUT2D eigenvalue weighted by Gasteiger charge is -2.46. The number of piperidine rings is 2. The normalized spacial score (nSPS) is 32.1. The maximum Gasteiger partial charge on any atom is 0.191 e. The number of nitrogens with one attached hydrogen (secondary N) is 4. The third-order valence-electron chi connectivity index (χ3n) is 6.52. The molecule has 2 atom stereocenters. The van der Waals surface area contributed by atoms with Crippen LogP contribution in [0.15, 0.2) is 65.8 Å². The largest absolute Gasteiger partial charge is 0.331 e. The van der Waals surface area contributed by atoms with Crippen LogP contribution >= 0.6 is 12.2 Å². The topological polar surface area (TPSA) is 45.3 Å². The molecule has 2 aromatic carbocycles. The predicted molar refractivity (Wildman–Crippen MR) is 116 cm³/mol. The van der Waals surface area contributed by atoms with Gasteiger partial charge >= 0.3 is 0 Å². The molecule has 4 aliphatic heterocycles. The summed E-state index contributed by atoms with van der Waals surface area (Å²) in [4.78, 5) is 3.45. The molecule has 144 valence electrons. The average Bonchev–Trinajstić information content (AvgIpc) is 2.97. The summed E-state index contributed by atoms with van der Waals surface area (Å²) < 4.78 is 0. The Morgan fingerprint density at radius 1 is 0.929 bits per heavy atom. The second-order valence-corrected chi connectivity index (χ2v) is 8.74. The van der Waals surface area contributed by atoms with E-state index in [0.29, 0.717) is 11.0 Å². The highest BCUT2D eigenvalue weighted by atomic mass is 32.1. The summed E-state index contributed by atoms with van der Waals surface area (Å²) in [5.41, 5.74) is 6.85. The number of fused-ring (bicyclic) bond motifs is 1. The van der Waals surface area contributed by atoms with Crippen molar-refractivity contribution in [3.63, 3.8) is 0 Å². The van der Waals surface area contributed by atoms with Gasteiger partial charge in [-0.25, -0.2) is 0 Å². The summed E-state index contributed by atoms with van der Waals surface area (Å²) in [6.45, 7) is 7.20. The van der Waals surface area contributed by atoms with Gasteiger partial charge in [-0.1, -0.05) is 48.5 Å². The van der Waals surface area contributed by atoms with Gasteiger partial charge in [0.25, 0.3) is 0 Å². The first kappa shape index (κ1) is 17.8.